The van der Waals surface area contributed by atoms with Crippen molar-refractivity contribution in [2.45, 2.75) is 0 Å². The summed E-state index contributed by atoms with van der Waals surface area (Å²) in [5, 5.41) is 5.82. The standard InChI is InChI=1S/C17H14N4O2/c1-23-11-8-6-10(7-9-11)21-16(18)14-15(20-21)12-4-2-3-5-13(12)19-17(14)22/h2-9H,18H2,1H3,(H,19,22). The number of pyridine rings is 1. The maximum Gasteiger partial charge on any atom is 0.261 e. The van der Waals surface area contributed by atoms with E-state index in [9.17, 15) is 4.79 Å². The molecular weight excluding hydrogens is 292 g/mol. The largest absolute Gasteiger partial charge is 0.497 e. The SMILES string of the molecule is COc1ccc(-n2nc3c(c2N)c(=O)[nH]c2ccccc23)cc1. The fourth-order valence-electron chi connectivity index (χ4n) is 2.75. The Bertz CT molecular complexity index is 1080. The molecule has 0 radical (unpaired) electrons. The summed E-state index contributed by atoms with van der Waals surface area (Å²) in [6.45, 7) is 0. The number of anilines is 1. The van der Waals surface area contributed by atoms with Crippen LogP contribution < -0.4 is 16.0 Å². The highest BCUT2D eigenvalue weighted by Crippen LogP contribution is 2.26. The zero-order valence-corrected chi connectivity index (χ0v) is 12.4. The lowest BCUT2D eigenvalue weighted by molar-refractivity contribution is 0.414. The molecule has 0 amide bonds. The van der Waals surface area contributed by atoms with Crippen molar-refractivity contribution in [3.05, 3.63) is 58.9 Å². The number of ether oxygens (including phenoxy) is 1. The van der Waals surface area contributed by atoms with Crippen molar-refractivity contribution < 1.29 is 4.74 Å². The van der Waals surface area contributed by atoms with E-state index in [2.05, 4.69) is 10.1 Å². The molecule has 2 aromatic heterocycles. The van der Waals surface area contributed by atoms with Crippen LogP contribution in [0, 0.1) is 0 Å². The van der Waals surface area contributed by atoms with Gasteiger partial charge in [-0.2, -0.15) is 5.10 Å². The zero-order valence-electron chi connectivity index (χ0n) is 12.4. The lowest BCUT2D eigenvalue weighted by Crippen LogP contribution is -2.08. The molecule has 4 rings (SSSR count). The summed E-state index contributed by atoms with van der Waals surface area (Å²) in [4.78, 5) is 15.2. The van der Waals surface area contributed by atoms with Gasteiger partial charge in [-0.3, -0.25) is 4.79 Å². The number of H-pyrrole nitrogens is 1. The van der Waals surface area contributed by atoms with Crippen molar-refractivity contribution in [3.8, 4) is 11.4 Å². The lowest BCUT2D eigenvalue weighted by atomic mass is 10.1. The number of methoxy groups -OCH3 is 1. The number of benzene rings is 2. The number of hydrogen-bond donors (Lipinski definition) is 2. The van der Waals surface area contributed by atoms with Gasteiger partial charge in [0, 0.05) is 5.39 Å². The predicted molar refractivity (Wildman–Crippen MR) is 90.2 cm³/mol. The van der Waals surface area contributed by atoms with E-state index in [0.717, 1.165) is 22.3 Å². The van der Waals surface area contributed by atoms with Crippen molar-refractivity contribution in [1.29, 1.82) is 0 Å². The second-order valence-corrected chi connectivity index (χ2v) is 5.22. The van der Waals surface area contributed by atoms with Crippen molar-refractivity contribution >= 4 is 27.6 Å². The molecule has 6 nitrogen and oxygen atoms in total. The Morgan fingerprint density at radius 1 is 1.13 bits per heavy atom. The van der Waals surface area contributed by atoms with Gasteiger partial charge in [-0.05, 0) is 30.3 Å². The Balaban J connectivity index is 2.05. The van der Waals surface area contributed by atoms with Crippen LogP contribution in [-0.2, 0) is 0 Å². The second kappa shape index (κ2) is 4.88. The minimum absolute atomic E-state index is 0.240. The number of aromatic amines is 1. The summed E-state index contributed by atoms with van der Waals surface area (Å²) in [6.07, 6.45) is 0. The van der Waals surface area contributed by atoms with Crippen LogP contribution in [0.1, 0.15) is 0 Å². The number of nitrogens with zero attached hydrogens (tertiary/aromatic N) is 2. The quantitative estimate of drug-likeness (QED) is 0.595. The van der Waals surface area contributed by atoms with Gasteiger partial charge in [-0.25, -0.2) is 4.68 Å². The number of aromatic nitrogens is 3. The fourth-order valence-corrected chi connectivity index (χ4v) is 2.75. The van der Waals surface area contributed by atoms with Crippen LogP contribution in [0.5, 0.6) is 5.75 Å². The second-order valence-electron chi connectivity index (χ2n) is 5.22. The van der Waals surface area contributed by atoms with Crippen molar-refractivity contribution in [2.24, 2.45) is 0 Å². The third-order valence-corrected chi connectivity index (χ3v) is 3.90. The van der Waals surface area contributed by atoms with Gasteiger partial charge in [0.15, 0.2) is 0 Å². The molecule has 3 N–H and O–H groups in total. The monoisotopic (exact) mass is 306 g/mol. The molecule has 0 atom stereocenters. The molecule has 0 unspecified atom stereocenters. The molecule has 0 saturated heterocycles. The summed E-state index contributed by atoms with van der Waals surface area (Å²) in [6, 6.07) is 14.9. The third kappa shape index (κ3) is 1.96. The zero-order chi connectivity index (χ0) is 16.0. The normalized spacial score (nSPS) is 11.2. The molecule has 0 bridgehead atoms. The van der Waals surface area contributed by atoms with Gasteiger partial charge in [0.25, 0.3) is 5.56 Å². The van der Waals surface area contributed by atoms with Gasteiger partial charge >= 0.3 is 0 Å². The van der Waals surface area contributed by atoms with E-state index >= 15 is 0 Å². The topological polar surface area (TPSA) is 85.9 Å². The first-order valence-corrected chi connectivity index (χ1v) is 7.12. The Kier molecular flexibility index (Phi) is 2.84. The summed E-state index contributed by atoms with van der Waals surface area (Å²) in [5.41, 5.74) is 8.04. The van der Waals surface area contributed by atoms with Crippen molar-refractivity contribution in [2.75, 3.05) is 12.8 Å². The average Bonchev–Trinajstić information content (AvgIpc) is 2.93. The Morgan fingerprint density at radius 2 is 1.87 bits per heavy atom. The van der Waals surface area contributed by atoms with Gasteiger partial charge in [-0.1, -0.05) is 18.2 Å². The van der Waals surface area contributed by atoms with Crippen molar-refractivity contribution in [3.63, 3.8) is 0 Å². The van der Waals surface area contributed by atoms with Gasteiger partial charge in [0.1, 0.15) is 22.5 Å². The molecule has 2 heterocycles. The maximum absolute atomic E-state index is 12.3. The molecule has 0 spiro atoms. The summed E-state index contributed by atoms with van der Waals surface area (Å²) in [5.74, 6) is 1.06. The number of fused-ring (bicyclic) bond motifs is 3. The minimum atomic E-state index is -0.240. The maximum atomic E-state index is 12.3. The predicted octanol–water partition coefficient (Wildman–Crippen LogP) is 2.46. The lowest BCUT2D eigenvalue weighted by Gasteiger charge is -2.04. The number of nitrogens with two attached hydrogens (primary N) is 1. The molecule has 6 heteroatoms. The Hall–Kier alpha value is -3.28. The Labute approximate surface area is 131 Å². The fraction of sp³-hybridized carbons (Fsp3) is 0.0588. The molecule has 23 heavy (non-hydrogen) atoms. The van der Waals surface area contributed by atoms with E-state index < -0.39 is 0 Å². The first-order valence-electron chi connectivity index (χ1n) is 7.12. The van der Waals surface area contributed by atoms with Crippen LogP contribution >= 0.6 is 0 Å². The first kappa shape index (κ1) is 13.4. The van der Waals surface area contributed by atoms with E-state index in [4.69, 9.17) is 10.5 Å². The van der Waals surface area contributed by atoms with Crippen LogP contribution in [0.3, 0.4) is 0 Å². The summed E-state index contributed by atoms with van der Waals surface area (Å²) < 4.78 is 6.73. The van der Waals surface area contributed by atoms with E-state index in [1.165, 1.54) is 0 Å². The van der Waals surface area contributed by atoms with Crippen LogP contribution in [0.15, 0.2) is 53.3 Å². The van der Waals surface area contributed by atoms with E-state index in [-0.39, 0.29) is 5.56 Å². The number of nitrogens with one attached hydrogen (secondary N) is 1. The summed E-state index contributed by atoms with van der Waals surface area (Å²) in [7, 11) is 1.61. The van der Waals surface area contributed by atoms with E-state index in [1.807, 2.05) is 48.5 Å². The molecule has 0 fully saturated rings. The van der Waals surface area contributed by atoms with Crippen LogP contribution in [0.25, 0.3) is 27.5 Å². The van der Waals surface area contributed by atoms with Crippen LogP contribution in [0.2, 0.25) is 0 Å². The molecular formula is C17H14N4O2. The molecule has 114 valence electrons. The number of nitrogen functional groups attached to an aromatic ring is 1. The van der Waals surface area contributed by atoms with Crippen LogP contribution in [0.4, 0.5) is 5.82 Å². The van der Waals surface area contributed by atoms with E-state index in [0.29, 0.717) is 16.7 Å². The van der Waals surface area contributed by atoms with Gasteiger partial charge < -0.3 is 15.5 Å². The minimum Gasteiger partial charge on any atom is -0.497 e. The molecule has 2 aromatic carbocycles. The number of para-hydroxylation sites is 1. The van der Waals surface area contributed by atoms with Gasteiger partial charge in [0.2, 0.25) is 0 Å². The Morgan fingerprint density at radius 3 is 2.61 bits per heavy atom. The average molecular weight is 306 g/mol. The highest BCUT2D eigenvalue weighted by atomic mass is 16.5. The molecule has 0 saturated carbocycles. The highest BCUT2D eigenvalue weighted by Gasteiger charge is 2.16. The van der Waals surface area contributed by atoms with Gasteiger partial charge in [0.05, 0.1) is 18.3 Å². The molecule has 0 aliphatic carbocycles. The molecule has 0 aliphatic rings. The van der Waals surface area contributed by atoms with Gasteiger partial charge in [-0.15, -0.1) is 0 Å². The molecule has 4 aromatic rings. The smallest absolute Gasteiger partial charge is 0.261 e. The summed E-state index contributed by atoms with van der Waals surface area (Å²) >= 11 is 0. The molecule has 0 aliphatic heterocycles. The first-order chi connectivity index (χ1) is 11.2. The van der Waals surface area contributed by atoms with Crippen LogP contribution in [-0.4, -0.2) is 21.9 Å². The van der Waals surface area contributed by atoms with Crippen molar-refractivity contribution in [1.82, 2.24) is 14.8 Å². The third-order valence-electron chi connectivity index (χ3n) is 3.90. The highest BCUT2D eigenvalue weighted by molar-refractivity contribution is 6.06. The number of hydrogen-bond acceptors (Lipinski definition) is 4. The number of rotatable bonds is 2. The van der Waals surface area contributed by atoms with E-state index in [1.54, 1.807) is 11.8 Å².